The van der Waals surface area contributed by atoms with E-state index >= 15 is 0 Å². The number of nitrogens with one attached hydrogen (secondary N) is 1. The van der Waals surface area contributed by atoms with Gasteiger partial charge in [-0.2, -0.15) is 0 Å². The summed E-state index contributed by atoms with van der Waals surface area (Å²) < 4.78 is 1.02. The first-order valence-electron chi connectivity index (χ1n) is 6.71. The van der Waals surface area contributed by atoms with E-state index in [0.717, 1.165) is 53.3 Å². The largest absolute Gasteiger partial charge is 0.396 e. The van der Waals surface area contributed by atoms with Gasteiger partial charge in [-0.25, -0.2) is 0 Å². The minimum Gasteiger partial charge on any atom is -0.396 e. The van der Waals surface area contributed by atoms with Gasteiger partial charge in [0.1, 0.15) is 0 Å². The molecule has 1 heterocycles. The van der Waals surface area contributed by atoms with Crippen molar-refractivity contribution < 1.29 is 5.11 Å². The highest BCUT2D eigenvalue weighted by Crippen LogP contribution is 2.27. The Morgan fingerprint density at radius 1 is 1.11 bits per heavy atom. The van der Waals surface area contributed by atoms with Crippen LogP contribution in [0.1, 0.15) is 25.7 Å². The van der Waals surface area contributed by atoms with E-state index in [2.05, 4.69) is 32.3 Å². The molecule has 0 atom stereocenters. The van der Waals surface area contributed by atoms with Crippen molar-refractivity contribution in [1.82, 2.24) is 4.98 Å². The number of aliphatic hydroxyl groups excluding tert-OH is 1. The van der Waals surface area contributed by atoms with Gasteiger partial charge in [0.15, 0.2) is 0 Å². The summed E-state index contributed by atoms with van der Waals surface area (Å²) in [6.45, 7) is 1.26. The van der Waals surface area contributed by atoms with E-state index in [1.165, 1.54) is 0 Å². The van der Waals surface area contributed by atoms with Gasteiger partial charge in [0.2, 0.25) is 0 Å². The molecular weight excluding hydrogens is 304 g/mol. The van der Waals surface area contributed by atoms with Crippen LogP contribution in [0.3, 0.4) is 0 Å². The topological polar surface area (TPSA) is 45.1 Å². The predicted octanol–water partition coefficient (Wildman–Crippen LogP) is 3.96. The fraction of sp³-hybridized carbons (Fsp3) is 0.400. The van der Waals surface area contributed by atoms with Gasteiger partial charge in [0, 0.05) is 34.9 Å². The maximum absolute atomic E-state index is 8.72. The first-order chi connectivity index (χ1) is 9.33. The van der Waals surface area contributed by atoms with Crippen LogP contribution in [0.5, 0.6) is 0 Å². The molecule has 0 spiro atoms. The molecule has 0 radical (unpaired) electrons. The molecule has 102 valence electrons. The molecule has 0 unspecified atom stereocenters. The third-order valence-corrected chi connectivity index (χ3v) is 3.76. The molecule has 0 amide bonds. The molecule has 3 nitrogen and oxygen atoms in total. The normalized spacial score (nSPS) is 10.8. The van der Waals surface area contributed by atoms with Gasteiger partial charge in [0.05, 0.1) is 5.52 Å². The number of aromatic nitrogens is 1. The van der Waals surface area contributed by atoms with E-state index in [0.29, 0.717) is 6.61 Å². The maximum atomic E-state index is 8.72. The van der Waals surface area contributed by atoms with Crippen LogP contribution in [0.2, 0.25) is 0 Å². The Balaban J connectivity index is 1.95. The first kappa shape index (κ1) is 14.3. The molecular formula is C15H19BrN2O. The van der Waals surface area contributed by atoms with E-state index in [9.17, 15) is 0 Å². The molecule has 0 aliphatic rings. The lowest BCUT2D eigenvalue weighted by Gasteiger charge is -2.09. The Kier molecular flexibility index (Phi) is 5.61. The summed E-state index contributed by atoms with van der Waals surface area (Å²) in [6, 6.07) is 8.14. The molecule has 0 fully saturated rings. The summed E-state index contributed by atoms with van der Waals surface area (Å²) in [5.74, 6) is 0. The zero-order valence-corrected chi connectivity index (χ0v) is 12.5. The number of fused-ring (bicyclic) bond motifs is 1. The zero-order valence-electron chi connectivity index (χ0n) is 10.9. The van der Waals surface area contributed by atoms with Crippen molar-refractivity contribution in [3.63, 3.8) is 0 Å². The van der Waals surface area contributed by atoms with Crippen LogP contribution in [-0.2, 0) is 0 Å². The van der Waals surface area contributed by atoms with Crippen LogP contribution in [0.25, 0.3) is 10.9 Å². The molecule has 0 bridgehead atoms. The zero-order chi connectivity index (χ0) is 13.5. The average Bonchev–Trinajstić information content (AvgIpc) is 2.43. The Morgan fingerprint density at radius 3 is 2.79 bits per heavy atom. The maximum Gasteiger partial charge on any atom is 0.0864 e. The lowest BCUT2D eigenvalue weighted by atomic mass is 10.1. The van der Waals surface area contributed by atoms with Crippen LogP contribution in [-0.4, -0.2) is 23.2 Å². The second-order valence-electron chi connectivity index (χ2n) is 4.56. The van der Waals surface area contributed by atoms with Gasteiger partial charge in [-0.05, 0) is 40.9 Å². The van der Waals surface area contributed by atoms with E-state index in [1.54, 1.807) is 0 Å². The second kappa shape index (κ2) is 7.46. The van der Waals surface area contributed by atoms with Gasteiger partial charge in [-0.3, -0.25) is 4.98 Å². The summed E-state index contributed by atoms with van der Waals surface area (Å²) in [5.41, 5.74) is 2.13. The molecule has 19 heavy (non-hydrogen) atoms. The van der Waals surface area contributed by atoms with Crippen molar-refractivity contribution in [3.05, 3.63) is 34.9 Å². The number of nitrogens with zero attached hydrogens (tertiary/aromatic N) is 1. The molecule has 1 aromatic carbocycles. The van der Waals surface area contributed by atoms with Crippen molar-refractivity contribution in [2.75, 3.05) is 18.5 Å². The quantitative estimate of drug-likeness (QED) is 0.758. The Bertz CT molecular complexity index is 531. The van der Waals surface area contributed by atoms with Crippen molar-refractivity contribution in [1.29, 1.82) is 0 Å². The highest BCUT2D eigenvalue weighted by molar-refractivity contribution is 9.10. The number of halogens is 1. The van der Waals surface area contributed by atoms with Crippen molar-refractivity contribution in [2.45, 2.75) is 25.7 Å². The van der Waals surface area contributed by atoms with Crippen molar-refractivity contribution in [2.24, 2.45) is 0 Å². The smallest absolute Gasteiger partial charge is 0.0864 e. The van der Waals surface area contributed by atoms with E-state index in [1.807, 2.05) is 24.4 Å². The second-order valence-corrected chi connectivity index (χ2v) is 5.41. The van der Waals surface area contributed by atoms with Gasteiger partial charge >= 0.3 is 0 Å². The number of hydrogen-bond acceptors (Lipinski definition) is 3. The van der Waals surface area contributed by atoms with Gasteiger partial charge in [-0.1, -0.05) is 25.0 Å². The highest BCUT2D eigenvalue weighted by atomic mass is 79.9. The first-order valence-corrected chi connectivity index (χ1v) is 7.50. The van der Waals surface area contributed by atoms with Crippen LogP contribution < -0.4 is 5.32 Å². The number of para-hydroxylation sites is 1. The number of unbranched alkanes of at least 4 members (excludes halogenated alkanes) is 3. The molecule has 0 saturated heterocycles. The monoisotopic (exact) mass is 322 g/mol. The number of hydrogen-bond donors (Lipinski definition) is 2. The summed E-state index contributed by atoms with van der Waals surface area (Å²) >= 11 is 3.53. The third kappa shape index (κ3) is 3.91. The lowest BCUT2D eigenvalue weighted by Crippen LogP contribution is -2.02. The molecule has 0 aliphatic carbocycles. The SMILES string of the molecule is OCCCCCCNc1ccnc2c(Br)cccc12. The van der Waals surface area contributed by atoms with E-state index in [-0.39, 0.29) is 0 Å². The lowest BCUT2D eigenvalue weighted by molar-refractivity contribution is 0.283. The van der Waals surface area contributed by atoms with Crippen LogP contribution in [0.4, 0.5) is 5.69 Å². The molecule has 1 aromatic heterocycles. The number of aliphatic hydroxyl groups is 1. The molecule has 0 saturated carbocycles. The molecule has 0 aliphatic heterocycles. The molecule has 2 N–H and O–H groups in total. The average molecular weight is 323 g/mol. The van der Waals surface area contributed by atoms with Gasteiger partial charge in [-0.15, -0.1) is 0 Å². The van der Waals surface area contributed by atoms with Crippen LogP contribution >= 0.6 is 15.9 Å². The Labute approximate surface area is 122 Å². The fourth-order valence-corrected chi connectivity index (χ4v) is 2.58. The Morgan fingerprint density at radius 2 is 1.95 bits per heavy atom. The number of benzene rings is 1. The summed E-state index contributed by atoms with van der Waals surface area (Å²) in [7, 11) is 0. The van der Waals surface area contributed by atoms with Crippen LogP contribution in [0.15, 0.2) is 34.9 Å². The van der Waals surface area contributed by atoms with Crippen LogP contribution in [0, 0.1) is 0 Å². The number of anilines is 1. The van der Waals surface area contributed by atoms with Gasteiger partial charge < -0.3 is 10.4 Å². The fourth-order valence-electron chi connectivity index (χ4n) is 2.11. The van der Waals surface area contributed by atoms with Gasteiger partial charge in [0.25, 0.3) is 0 Å². The third-order valence-electron chi connectivity index (χ3n) is 3.12. The summed E-state index contributed by atoms with van der Waals surface area (Å²) in [4.78, 5) is 4.40. The highest BCUT2D eigenvalue weighted by Gasteiger charge is 2.03. The van der Waals surface area contributed by atoms with E-state index in [4.69, 9.17) is 5.11 Å². The minimum atomic E-state index is 0.302. The minimum absolute atomic E-state index is 0.302. The Hall–Kier alpha value is -1.13. The van der Waals surface area contributed by atoms with Crippen molar-refractivity contribution >= 4 is 32.5 Å². The number of pyridine rings is 1. The predicted molar refractivity (Wildman–Crippen MR) is 83.5 cm³/mol. The van der Waals surface area contributed by atoms with E-state index < -0.39 is 0 Å². The molecule has 2 aromatic rings. The summed E-state index contributed by atoms with van der Waals surface area (Å²) in [6.07, 6.45) is 6.12. The standard InChI is InChI=1S/C15H19BrN2O/c16-13-7-5-6-12-14(8-10-18-15(12)13)17-9-3-1-2-4-11-19/h5-8,10,19H,1-4,9,11H2,(H,17,18). The number of rotatable bonds is 7. The molecule has 4 heteroatoms. The van der Waals surface area contributed by atoms with Crippen molar-refractivity contribution in [3.8, 4) is 0 Å². The molecule has 2 rings (SSSR count). The summed E-state index contributed by atoms with van der Waals surface area (Å²) in [5, 5.41) is 13.3.